The Morgan fingerprint density at radius 2 is 2.10 bits per heavy atom. The van der Waals surface area contributed by atoms with Gasteiger partial charge in [0.2, 0.25) is 10.0 Å². The molecule has 0 spiro atoms. The smallest absolute Gasteiger partial charge is 0.243 e. The number of morpholine rings is 1. The Morgan fingerprint density at radius 1 is 1.40 bits per heavy atom. The number of hydrogen-bond donors (Lipinski definition) is 0. The van der Waals surface area contributed by atoms with Crippen LogP contribution in [0.15, 0.2) is 23.1 Å². The van der Waals surface area contributed by atoms with E-state index in [9.17, 15) is 8.42 Å². The van der Waals surface area contributed by atoms with Gasteiger partial charge in [0.15, 0.2) is 0 Å². The van der Waals surface area contributed by atoms with Gasteiger partial charge in [-0.1, -0.05) is 11.6 Å². The van der Waals surface area contributed by atoms with Gasteiger partial charge in [0.05, 0.1) is 29.7 Å². The van der Waals surface area contributed by atoms with E-state index < -0.39 is 10.0 Å². The molecule has 1 saturated heterocycles. The summed E-state index contributed by atoms with van der Waals surface area (Å²) in [6.45, 7) is 4.42. The standard InChI is InChI=1S/C13H18ClNO4S/c1-9-8-19-10(2)7-15(9)20(16,17)11-4-5-13(18-3)12(14)6-11/h4-6,9-10H,7-8H2,1-3H3/t9-,10+/m0/s1. The first kappa shape index (κ1) is 15.6. The normalized spacial score (nSPS) is 24.6. The average Bonchev–Trinajstić information content (AvgIpc) is 2.41. The Kier molecular flexibility index (Phi) is 4.59. The summed E-state index contributed by atoms with van der Waals surface area (Å²) >= 11 is 6.01. The highest BCUT2D eigenvalue weighted by Crippen LogP contribution is 2.29. The van der Waals surface area contributed by atoms with E-state index in [-0.39, 0.29) is 22.1 Å². The van der Waals surface area contributed by atoms with Crippen LogP contribution in [-0.4, -0.2) is 45.1 Å². The minimum Gasteiger partial charge on any atom is -0.495 e. The van der Waals surface area contributed by atoms with Gasteiger partial charge in [0, 0.05) is 12.6 Å². The number of benzene rings is 1. The first-order valence-corrected chi connectivity index (χ1v) is 8.15. The van der Waals surface area contributed by atoms with Gasteiger partial charge < -0.3 is 9.47 Å². The highest BCUT2D eigenvalue weighted by atomic mass is 35.5. The van der Waals surface area contributed by atoms with E-state index in [2.05, 4.69) is 0 Å². The van der Waals surface area contributed by atoms with Crippen LogP contribution in [0, 0.1) is 0 Å². The summed E-state index contributed by atoms with van der Waals surface area (Å²) in [5.74, 6) is 0.453. The van der Waals surface area contributed by atoms with Crippen molar-refractivity contribution in [1.29, 1.82) is 0 Å². The summed E-state index contributed by atoms with van der Waals surface area (Å²) in [5, 5.41) is 0.280. The molecule has 5 nitrogen and oxygen atoms in total. The molecule has 7 heteroatoms. The molecule has 1 aromatic carbocycles. The zero-order valence-electron chi connectivity index (χ0n) is 11.7. The zero-order valence-corrected chi connectivity index (χ0v) is 13.2. The van der Waals surface area contributed by atoms with Crippen molar-refractivity contribution in [2.45, 2.75) is 30.9 Å². The Morgan fingerprint density at radius 3 is 2.70 bits per heavy atom. The van der Waals surface area contributed by atoms with Crippen molar-refractivity contribution in [2.24, 2.45) is 0 Å². The highest BCUT2D eigenvalue weighted by molar-refractivity contribution is 7.89. The molecule has 0 unspecified atom stereocenters. The van der Waals surface area contributed by atoms with Crippen molar-refractivity contribution in [3.8, 4) is 5.75 Å². The fourth-order valence-electron chi connectivity index (χ4n) is 2.15. The number of rotatable bonds is 3. The van der Waals surface area contributed by atoms with E-state index >= 15 is 0 Å². The second-order valence-corrected chi connectivity index (χ2v) is 7.16. The summed E-state index contributed by atoms with van der Waals surface area (Å²) < 4.78 is 37.3. The third-order valence-electron chi connectivity index (χ3n) is 3.28. The molecule has 2 atom stereocenters. The Labute approximate surface area is 124 Å². The SMILES string of the molecule is COc1ccc(S(=O)(=O)N2C[C@@H](C)OC[C@@H]2C)cc1Cl. The lowest BCUT2D eigenvalue weighted by molar-refractivity contribution is -0.0170. The molecule has 0 N–H and O–H groups in total. The molecular weight excluding hydrogens is 302 g/mol. The fraction of sp³-hybridized carbons (Fsp3) is 0.538. The molecule has 0 saturated carbocycles. The Bertz CT molecular complexity index is 590. The summed E-state index contributed by atoms with van der Waals surface area (Å²) in [6, 6.07) is 4.29. The molecule has 0 radical (unpaired) electrons. The molecule has 0 bridgehead atoms. The van der Waals surface area contributed by atoms with Gasteiger partial charge in [-0.2, -0.15) is 4.31 Å². The molecule has 112 valence electrons. The maximum atomic E-state index is 12.7. The van der Waals surface area contributed by atoms with Gasteiger partial charge >= 0.3 is 0 Å². The third-order valence-corrected chi connectivity index (χ3v) is 5.55. The van der Waals surface area contributed by atoms with E-state index in [0.717, 1.165) is 0 Å². The Balaban J connectivity index is 2.36. The molecule has 20 heavy (non-hydrogen) atoms. The summed E-state index contributed by atoms with van der Waals surface area (Å²) in [6.07, 6.45) is -0.116. The first-order valence-electron chi connectivity index (χ1n) is 6.33. The van der Waals surface area contributed by atoms with Crippen molar-refractivity contribution in [2.75, 3.05) is 20.3 Å². The van der Waals surface area contributed by atoms with Crippen LogP contribution in [0.1, 0.15) is 13.8 Å². The highest BCUT2D eigenvalue weighted by Gasteiger charge is 2.34. The number of ether oxygens (including phenoxy) is 2. The molecular formula is C13H18ClNO4S. The van der Waals surface area contributed by atoms with Crippen LogP contribution < -0.4 is 4.74 Å². The topological polar surface area (TPSA) is 55.8 Å². The van der Waals surface area contributed by atoms with Crippen LogP contribution in [-0.2, 0) is 14.8 Å². The van der Waals surface area contributed by atoms with Crippen LogP contribution in [0.5, 0.6) is 5.75 Å². The molecule has 0 amide bonds. The van der Waals surface area contributed by atoms with Crippen molar-refractivity contribution in [1.82, 2.24) is 4.31 Å². The van der Waals surface area contributed by atoms with Crippen LogP contribution in [0.4, 0.5) is 0 Å². The monoisotopic (exact) mass is 319 g/mol. The number of hydrogen-bond acceptors (Lipinski definition) is 4. The van der Waals surface area contributed by atoms with Gasteiger partial charge in [0.1, 0.15) is 5.75 Å². The predicted molar refractivity (Wildman–Crippen MR) is 76.8 cm³/mol. The largest absolute Gasteiger partial charge is 0.495 e. The van der Waals surface area contributed by atoms with Crippen LogP contribution in [0.3, 0.4) is 0 Å². The Hall–Kier alpha value is -0.820. The van der Waals surface area contributed by atoms with Gasteiger partial charge in [-0.25, -0.2) is 8.42 Å². The second kappa shape index (κ2) is 5.89. The maximum absolute atomic E-state index is 12.7. The predicted octanol–water partition coefficient (Wildman–Crippen LogP) is 2.15. The molecule has 1 aromatic rings. The van der Waals surface area contributed by atoms with Crippen molar-refractivity contribution >= 4 is 21.6 Å². The van der Waals surface area contributed by atoms with Crippen molar-refractivity contribution < 1.29 is 17.9 Å². The lowest BCUT2D eigenvalue weighted by Crippen LogP contribution is -2.50. The number of halogens is 1. The first-order chi connectivity index (χ1) is 9.36. The van der Waals surface area contributed by atoms with Crippen molar-refractivity contribution in [3.05, 3.63) is 23.2 Å². The second-order valence-electron chi connectivity index (χ2n) is 4.86. The molecule has 1 aliphatic rings. The lowest BCUT2D eigenvalue weighted by Gasteiger charge is -2.35. The summed E-state index contributed by atoms with van der Waals surface area (Å²) in [4.78, 5) is 0.171. The fourth-order valence-corrected chi connectivity index (χ4v) is 4.19. The van der Waals surface area contributed by atoms with Gasteiger partial charge in [-0.05, 0) is 32.0 Å². The minimum atomic E-state index is -3.58. The summed E-state index contributed by atoms with van der Waals surface area (Å²) in [7, 11) is -2.09. The molecule has 2 rings (SSSR count). The van der Waals surface area contributed by atoms with Crippen LogP contribution in [0.2, 0.25) is 5.02 Å². The van der Waals surface area contributed by atoms with Gasteiger partial charge in [0.25, 0.3) is 0 Å². The maximum Gasteiger partial charge on any atom is 0.243 e. The molecule has 0 aliphatic carbocycles. The van der Waals surface area contributed by atoms with E-state index in [1.54, 1.807) is 6.07 Å². The molecule has 1 heterocycles. The number of methoxy groups -OCH3 is 1. The van der Waals surface area contributed by atoms with E-state index in [0.29, 0.717) is 18.9 Å². The van der Waals surface area contributed by atoms with E-state index in [1.165, 1.54) is 23.5 Å². The van der Waals surface area contributed by atoms with Crippen LogP contribution in [0.25, 0.3) is 0 Å². The van der Waals surface area contributed by atoms with Gasteiger partial charge in [-0.3, -0.25) is 0 Å². The lowest BCUT2D eigenvalue weighted by atomic mass is 10.2. The number of nitrogens with zero attached hydrogens (tertiary/aromatic N) is 1. The number of sulfonamides is 1. The minimum absolute atomic E-state index is 0.116. The average molecular weight is 320 g/mol. The quantitative estimate of drug-likeness (QED) is 0.856. The zero-order chi connectivity index (χ0) is 14.9. The van der Waals surface area contributed by atoms with Gasteiger partial charge in [-0.15, -0.1) is 0 Å². The third kappa shape index (κ3) is 2.93. The van der Waals surface area contributed by atoms with E-state index in [4.69, 9.17) is 21.1 Å². The van der Waals surface area contributed by atoms with Crippen LogP contribution >= 0.6 is 11.6 Å². The summed E-state index contributed by atoms with van der Waals surface area (Å²) in [5.41, 5.74) is 0. The van der Waals surface area contributed by atoms with E-state index in [1.807, 2.05) is 13.8 Å². The van der Waals surface area contributed by atoms with Crippen molar-refractivity contribution in [3.63, 3.8) is 0 Å². The molecule has 0 aromatic heterocycles. The molecule has 1 fully saturated rings. The molecule has 1 aliphatic heterocycles.